The standard InChI is InChI=1S/C11H11F2NO4/c1-16-9(15)11(3-5-17-11)7-2-4-14-8(6-7)18-10(12)13/h2,4,6,10H,3,5H2,1H3. The molecule has 98 valence electrons. The van der Waals surface area contributed by atoms with E-state index in [1.807, 2.05) is 0 Å². The van der Waals surface area contributed by atoms with Gasteiger partial charge in [-0.1, -0.05) is 0 Å². The normalized spacial score (nSPS) is 22.4. The van der Waals surface area contributed by atoms with Gasteiger partial charge in [-0.25, -0.2) is 9.78 Å². The molecule has 1 aliphatic heterocycles. The summed E-state index contributed by atoms with van der Waals surface area (Å²) in [5.74, 6) is -0.829. The van der Waals surface area contributed by atoms with E-state index >= 15 is 0 Å². The van der Waals surface area contributed by atoms with E-state index in [0.717, 1.165) is 0 Å². The average Bonchev–Trinajstić information content (AvgIpc) is 2.27. The molecule has 5 nitrogen and oxygen atoms in total. The zero-order valence-electron chi connectivity index (χ0n) is 9.56. The van der Waals surface area contributed by atoms with Gasteiger partial charge >= 0.3 is 12.6 Å². The fourth-order valence-electron chi connectivity index (χ4n) is 1.79. The second kappa shape index (κ2) is 4.85. The monoisotopic (exact) mass is 259 g/mol. The van der Waals surface area contributed by atoms with Crippen molar-refractivity contribution in [3.05, 3.63) is 23.9 Å². The van der Waals surface area contributed by atoms with Crippen LogP contribution in [0.5, 0.6) is 5.88 Å². The molecule has 1 aliphatic rings. The zero-order valence-corrected chi connectivity index (χ0v) is 9.56. The van der Waals surface area contributed by atoms with Gasteiger partial charge in [-0.3, -0.25) is 0 Å². The summed E-state index contributed by atoms with van der Waals surface area (Å²) in [6, 6.07) is 2.76. The second-order valence-corrected chi connectivity index (χ2v) is 3.68. The Hall–Kier alpha value is -1.76. The number of hydrogen-bond acceptors (Lipinski definition) is 5. The molecular weight excluding hydrogens is 248 g/mol. The summed E-state index contributed by atoms with van der Waals surface area (Å²) >= 11 is 0. The van der Waals surface area contributed by atoms with E-state index in [-0.39, 0.29) is 5.88 Å². The number of pyridine rings is 1. The van der Waals surface area contributed by atoms with Crippen molar-refractivity contribution >= 4 is 5.97 Å². The van der Waals surface area contributed by atoms with E-state index in [1.165, 1.54) is 25.4 Å². The largest absolute Gasteiger partial charge is 0.467 e. The minimum atomic E-state index is -2.97. The summed E-state index contributed by atoms with van der Waals surface area (Å²) in [7, 11) is 1.24. The van der Waals surface area contributed by atoms with Gasteiger partial charge in [0, 0.05) is 24.2 Å². The summed E-state index contributed by atoms with van der Waals surface area (Å²) in [6.45, 7) is -2.56. The fraction of sp³-hybridized carbons (Fsp3) is 0.455. The van der Waals surface area contributed by atoms with E-state index in [2.05, 4.69) is 14.5 Å². The molecule has 2 heterocycles. The fourth-order valence-corrected chi connectivity index (χ4v) is 1.79. The van der Waals surface area contributed by atoms with Crippen LogP contribution in [0.3, 0.4) is 0 Å². The van der Waals surface area contributed by atoms with Crippen molar-refractivity contribution in [2.45, 2.75) is 18.6 Å². The molecule has 1 saturated heterocycles. The number of nitrogens with zero attached hydrogens (tertiary/aromatic N) is 1. The van der Waals surface area contributed by atoms with E-state index in [9.17, 15) is 13.6 Å². The molecule has 0 radical (unpaired) electrons. The minimum Gasteiger partial charge on any atom is -0.467 e. The average molecular weight is 259 g/mol. The number of ether oxygens (including phenoxy) is 3. The van der Waals surface area contributed by atoms with Crippen molar-refractivity contribution in [2.24, 2.45) is 0 Å². The topological polar surface area (TPSA) is 57.7 Å². The number of methoxy groups -OCH3 is 1. The molecule has 0 aromatic carbocycles. The van der Waals surface area contributed by atoms with Crippen LogP contribution in [0.4, 0.5) is 8.78 Å². The van der Waals surface area contributed by atoms with Crippen LogP contribution in [-0.2, 0) is 19.9 Å². The van der Waals surface area contributed by atoms with Crippen LogP contribution in [0.25, 0.3) is 0 Å². The van der Waals surface area contributed by atoms with Gasteiger partial charge in [-0.15, -0.1) is 0 Å². The van der Waals surface area contributed by atoms with Crippen molar-refractivity contribution < 1.29 is 27.8 Å². The Labute approximate surface area is 102 Å². The minimum absolute atomic E-state index is 0.263. The Bertz CT molecular complexity index is 448. The Morgan fingerprint density at radius 3 is 2.83 bits per heavy atom. The van der Waals surface area contributed by atoms with Gasteiger partial charge in [0.1, 0.15) is 0 Å². The number of hydrogen-bond donors (Lipinski definition) is 0. The first-order valence-electron chi connectivity index (χ1n) is 5.22. The number of halogens is 2. The second-order valence-electron chi connectivity index (χ2n) is 3.68. The van der Waals surface area contributed by atoms with E-state index < -0.39 is 18.2 Å². The number of carbonyl (C=O) groups is 1. The summed E-state index contributed by atoms with van der Waals surface area (Å²) in [4.78, 5) is 15.3. The molecule has 0 N–H and O–H groups in total. The van der Waals surface area contributed by atoms with Gasteiger partial charge in [-0.05, 0) is 6.07 Å². The molecule has 0 bridgehead atoms. The van der Waals surface area contributed by atoms with Crippen molar-refractivity contribution in [3.63, 3.8) is 0 Å². The van der Waals surface area contributed by atoms with Gasteiger partial charge in [0.15, 0.2) is 5.60 Å². The quantitative estimate of drug-likeness (QED) is 0.766. The molecule has 0 amide bonds. The Morgan fingerprint density at radius 2 is 2.33 bits per heavy atom. The Kier molecular flexibility index (Phi) is 3.42. The molecule has 1 aromatic heterocycles. The predicted octanol–water partition coefficient (Wildman–Crippen LogP) is 1.47. The van der Waals surface area contributed by atoms with Crippen molar-refractivity contribution in [1.29, 1.82) is 0 Å². The predicted molar refractivity (Wildman–Crippen MR) is 55.1 cm³/mol. The maximum Gasteiger partial charge on any atom is 0.388 e. The van der Waals surface area contributed by atoms with E-state index in [4.69, 9.17) is 4.74 Å². The lowest BCUT2D eigenvalue weighted by atomic mass is 9.87. The van der Waals surface area contributed by atoms with Gasteiger partial charge in [0.25, 0.3) is 0 Å². The van der Waals surface area contributed by atoms with Crippen molar-refractivity contribution in [1.82, 2.24) is 4.98 Å². The third-order valence-corrected chi connectivity index (χ3v) is 2.73. The molecule has 0 saturated carbocycles. The summed E-state index contributed by atoms with van der Waals surface area (Å²) in [6.07, 6.45) is 1.71. The van der Waals surface area contributed by atoms with Crippen molar-refractivity contribution in [2.75, 3.05) is 13.7 Å². The highest BCUT2D eigenvalue weighted by Gasteiger charge is 2.49. The van der Waals surface area contributed by atoms with Crippen LogP contribution in [0.1, 0.15) is 12.0 Å². The smallest absolute Gasteiger partial charge is 0.388 e. The summed E-state index contributed by atoms with van der Waals surface area (Å²) in [5.41, 5.74) is -0.830. The summed E-state index contributed by atoms with van der Waals surface area (Å²) in [5, 5.41) is 0. The molecule has 1 aromatic rings. The first-order chi connectivity index (χ1) is 8.58. The van der Waals surface area contributed by atoms with E-state index in [0.29, 0.717) is 18.6 Å². The zero-order chi connectivity index (χ0) is 13.2. The van der Waals surface area contributed by atoms with Gasteiger partial charge in [-0.2, -0.15) is 8.78 Å². The maximum absolute atomic E-state index is 12.1. The molecule has 0 spiro atoms. The highest BCUT2D eigenvalue weighted by molar-refractivity contribution is 5.82. The Morgan fingerprint density at radius 1 is 1.61 bits per heavy atom. The third-order valence-electron chi connectivity index (χ3n) is 2.73. The number of rotatable bonds is 4. The molecule has 1 fully saturated rings. The number of alkyl halides is 2. The third kappa shape index (κ3) is 2.13. The lowest BCUT2D eigenvalue weighted by molar-refractivity contribution is -0.201. The lowest BCUT2D eigenvalue weighted by Crippen LogP contribution is -2.48. The lowest BCUT2D eigenvalue weighted by Gasteiger charge is -2.39. The first-order valence-corrected chi connectivity index (χ1v) is 5.22. The van der Waals surface area contributed by atoms with Crippen molar-refractivity contribution in [3.8, 4) is 5.88 Å². The Balaban J connectivity index is 2.29. The molecule has 2 rings (SSSR count). The molecule has 7 heteroatoms. The van der Waals surface area contributed by atoms with E-state index in [1.54, 1.807) is 0 Å². The number of esters is 1. The van der Waals surface area contributed by atoms with Crippen LogP contribution in [0.15, 0.2) is 18.3 Å². The van der Waals surface area contributed by atoms with Crippen LogP contribution in [-0.4, -0.2) is 31.3 Å². The SMILES string of the molecule is COC(=O)C1(c2ccnc(OC(F)F)c2)CCO1. The molecule has 1 atom stereocenters. The van der Waals surface area contributed by atoms with Gasteiger partial charge < -0.3 is 14.2 Å². The molecule has 0 aliphatic carbocycles. The first kappa shape index (κ1) is 12.7. The number of carbonyl (C=O) groups excluding carboxylic acids is 1. The highest BCUT2D eigenvalue weighted by Crippen LogP contribution is 2.39. The maximum atomic E-state index is 12.1. The summed E-state index contributed by atoms with van der Waals surface area (Å²) < 4.78 is 38.3. The van der Waals surface area contributed by atoms with Crippen LogP contribution >= 0.6 is 0 Å². The van der Waals surface area contributed by atoms with Crippen LogP contribution in [0, 0.1) is 0 Å². The molecule has 18 heavy (non-hydrogen) atoms. The van der Waals surface area contributed by atoms with Crippen LogP contribution < -0.4 is 4.74 Å². The van der Waals surface area contributed by atoms with Gasteiger partial charge in [0.2, 0.25) is 5.88 Å². The highest BCUT2D eigenvalue weighted by atomic mass is 19.3. The molecular formula is C11H11F2NO4. The number of aromatic nitrogens is 1. The van der Waals surface area contributed by atoms with Crippen LogP contribution in [0.2, 0.25) is 0 Å². The van der Waals surface area contributed by atoms with Gasteiger partial charge in [0.05, 0.1) is 13.7 Å². The molecule has 1 unspecified atom stereocenters.